The number of hydrogen-bond donors (Lipinski definition) is 2. The average Bonchev–Trinajstić information content (AvgIpc) is 2.27. The number of pyridine rings is 1. The highest BCUT2D eigenvalue weighted by atomic mass is 16.6. The number of aliphatic carboxylic acids is 1. The van der Waals surface area contributed by atoms with Crippen LogP contribution in [0.5, 0.6) is 0 Å². The number of nitrogens with one attached hydrogen (secondary N) is 1. The first-order valence-electron chi connectivity index (χ1n) is 5.58. The highest BCUT2D eigenvalue weighted by Gasteiger charge is 2.17. The molecule has 7 heteroatoms. The first kappa shape index (κ1) is 13.9. The van der Waals surface area contributed by atoms with Crippen LogP contribution >= 0.6 is 0 Å². The van der Waals surface area contributed by atoms with Crippen LogP contribution in [0.15, 0.2) is 12.3 Å². The van der Waals surface area contributed by atoms with E-state index in [-0.39, 0.29) is 17.9 Å². The molecule has 1 rings (SSSR count). The Kier molecular flexibility index (Phi) is 5.04. The third kappa shape index (κ3) is 4.00. The lowest BCUT2D eigenvalue weighted by molar-refractivity contribution is -0.384. The van der Waals surface area contributed by atoms with Crippen molar-refractivity contribution in [1.29, 1.82) is 0 Å². The van der Waals surface area contributed by atoms with Crippen LogP contribution in [0.1, 0.15) is 24.8 Å². The number of aryl methyl sites for hydroxylation is 1. The second kappa shape index (κ2) is 6.53. The number of unbranched alkanes of at least 4 members (excludes halogenated alkanes) is 1. The summed E-state index contributed by atoms with van der Waals surface area (Å²) in [5.74, 6) is -0.606. The Hall–Kier alpha value is -2.18. The minimum Gasteiger partial charge on any atom is -0.481 e. The number of carboxylic acids is 1. The van der Waals surface area contributed by atoms with Crippen molar-refractivity contribution >= 4 is 17.5 Å². The first-order chi connectivity index (χ1) is 8.52. The van der Waals surface area contributed by atoms with Gasteiger partial charge in [0.15, 0.2) is 0 Å². The molecular weight excluding hydrogens is 238 g/mol. The van der Waals surface area contributed by atoms with Crippen LogP contribution < -0.4 is 5.32 Å². The summed E-state index contributed by atoms with van der Waals surface area (Å²) in [6.45, 7) is 2.11. The molecule has 0 bridgehead atoms. The molecule has 2 N–H and O–H groups in total. The lowest BCUT2D eigenvalue weighted by atomic mass is 10.2. The summed E-state index contributed by atoms with van der Waals surface area (Å²) >= 11 is 0. The Bertz CT molecular complexity index is 448. The SMILES string of the molecule is Cc1ccnc(NCCCCC(=O)O)c1[N+](=O)[O-]. The number of anilines is 1. The van der Waals surface area contributed by atoms with Crippen LogP contribution in [-0.4, -0.2) is 27.5 Å². The van der Waals surface area contributed by atoms with E-state index >= 15 is 0 Å². The maximum absolute atomic E-state index is 10.9. The molecule has 0 radical (unpaired) electrons. The molecule has 0 aromatic carbocycles. The van der Waals surface area contributed by atoms with Gasteiger partial charge in [-0.05, 0) is 25.8 Å². The summed E-state index contributed by atoms with van der Waals surface area (Å²) in [4.78, 5) is 24.6. The molecule has 98 valence electrons. The highest BCUT2D eigenvalue weighted by molar-refractivity contribution is 5.66. The summed E-state index contributed by atoms with van der Waals surface area (Å²) in [6.07, 6.45) is 2.76. The van der Waals surface area contributed by atoms with Gasteiger partial charge in [0.25, 0.3) is 0 Å². The first-order valence-corrected chi connectivity index (χ1v) is 5.58. The standard InChI is InChI=1S/C11H15N3O4/c1-8-5-7-13-11(10(8)14(17)18)12-6-3-2-4-9(15)16/h5,7H,2-4,6H2,1H3,(H,12,13)(H,15,16). The number of carboxylic acid groups (broad SMARTS) is 1. The van der Waals surface area contributed by atoms with E-state index in [1.54, 1.807) is 13.0 Å². The van der Waals surface area contributed by atoms with Gasteiger partial charge in [-0.3, -0.25) is 14.9 Å². The quantitative estimate of drug-likeness (QED) is 0.437. The summed E-state index contributed by atoms with van der Waals surface area (Å²) in [7, 11) is 0. The molecule has 0 atom stereocenters. The van der Waals surface area contributed by atoms with Gasteiger partial charge in [0.05, 0.1) is 4.92 Å². The molecule has 1 aromatic rings. The molecule has 0 aliphatic heterocycles. The fourth-order valence-electron chi connectivity index (χ4n) is 1.52. The van der Waals surface area contributed by atoms with Crippen LogP contribution in [0.3, 0.4) is 0 Å². The van der Waals surface area contributed by atoms with Crippen molar-refractivity contribution in [2.24, 2.45) is 0 Å². The number of rotatable bonds is 7. The highest BCUT2D eigenvalue weighted by Crippen LogP contribution is 2.25. The van der Waals surface area contributed by atoms with E-state index < -0.39 is 10.9 Å². The zero-order valence-corrected chi connectivity index (χ0v) is 10.0. The summed E-state index contributed by atoms with van der Waals surface area (Å²) in [6, 6.07) is 1.58. The van der Waals surface area contributed by atoms with E-state index in [4.69, 9.17) is 5.11 Å². The molecule has 0 aliphatic rings. The van der Waals surface area contributed by atoms with Crippen LogP contribution in [0.2, 0.25) is 0 Å². The molecule has 0 aliphatic carbocycles. The lowest BCUT2D eigenvalue weighted by Gasteiger charge is -2.06. The molecule has 0 spiro atoms. The van der Waals surface area contributed by atoms with Gasteiger partial charge < -0.3 is 10.4 Å². The Morgan fingerprint density at radius 1 is 1.56 bits per heavy atom. The summed E-state index contributed by atoms with van der Waals surface area (Å²) in [5, 5.41) is 22.2. The predicted molar refractivity (Wildman–Crippen MR) is 65.6 cm³/mol. The Morgan fingerprint density at radius 3 is 2.89 bits per heavy atom. The van der Waals surface area contributed by atoms with E-state index in [0.717, 1.165) is 0 Å². The molecule has 1 aromatic heterocycles. The number of nitro groups is 1. The van der Waals surface area contributed by atoms with Crippen molar-refractivity contribution in [3.63, 3.8) is 0 Å². The van der Waals surface area contributed by atoms with Gasteiger partial charge in [-0.25, -0.2) is 4.98 Å². The Morgan fingerprint density at radius 2 is 2.28 bits per heavy atom. The molecule has 0 saturated heterocycles. The van der Waals surface area contributed by atoms with Crippen LogP contribution in [0.25, 0.3) is 0 Å². The molecule has 0 fully saturated rings. The van der Waals surface area contributed by atoms with Crippen LogP contribution in [0, 0.1) is 17.0 Å². The minimum atomic E-state index is -0.838. The summed E-state index contributed by atoms with van der Waals surface area (Å²) < 4.78 is 0. The Balaban J connectivity index is 2.54. The van der Waals surface area contributed by atoms with E-state index in [1.165, 1.54) is 6.20 Å². The molecule has 0 unspecified atom stereocenters. The van der Waals surface area contributed by atoms with Gasteiger partial charge in [0.2, 0.25) is 5.82 Å². The largest absolute Gasteiger partial charge is 0.481 e. The number of aromatic nitrogens is 1. The normalized spacial score (nSPS) is 10.1. The van der Waals surface area contributed by atoms with Crippen LogP contribution in [-0.2, 0) is 4.79 Å². The van der Waals surface area contributed by atoms with Crippen molar-refractivity contribution in [2.75, 3.05) is 11.9 Å². The van der Waals surface area contributed by atoms with E-state index in [0.29, 0.717) is 24.9 Å². The maximum atomic E-state index is 10.9. The van der Waals surface area contributed by atoms with Gasteiger partial charge in [-0.1, -0.05) is 0 Å². The van der Waals surface area contributed by atoms with Gasteiger partial charge in [-0.2, -0.15) is 0 Å². The molecular formula is C11H15N3O4. The Labute approximate surface area is 104 Å². The van der Waals surface area contributed by atoms with E-state index in [1.807, 2.05) is 0 Å². The lowest BCUT2D eigenvalue weighted by Crippen LogP contribution is -2.07. The number of carbonyl (C=O) groups is 1. The molecule has 18 heavy (non-hydrogen) atoms. The van der Waals surface area contributed by atoms with Crippen molar-refractivity contribution in [3.05, 3.63) is 27.9 Å². The van der Waals surface area contributed by atoms with E-state index in [2.05, 4.69) is 10.3 Å². The second-order valence-corrected chi connectivity index (χ2v) is 3.86. The van der Waals surface area contributed by atoms with Gasteiger partial charge >= 0.3 is 11.7 Å². The fourth-order valence-corrected chi connectivity index (χ4v) is 1.52. The van der Waals surface area contributed by atoms with Crippen LogP contribution in [0.4, 0.5) is 11.5 Å². The van der Waals surface area contributed by atoms with Gasteiger partial charge in [0, 0.05) is 24.7 Å². The summed E-state index contributed by atoms with van der Waals surface area (Å²) in [5.41, 5.74) is 0.513. The molecule has 7 nitrogen and oxygen atoms in total. The molecule has 0 saturated carbocycles. The zero-order chi connectivity index (χ0) is 13.5. The van der Waals surface area contributed by atoms with Gasteiger partial charge in [0.1, 0.15) is 0 Å². The smallest absolute Gasteiger partial charge is 0.314 e. The van der Waals surface area contributed by atoms with E-state index in [9.17, 15) is 14.9 Å². The van der Waals surface area contributed by atoms with Crippen molar-refractivity contribution in [3.8, 4) is 0 Å². The maximum Gasteiger partial charge on any atom is 0.314 e. The molecule has 0 amide bonds. The topological polar surface area (TPSA) is 105 Å². The zero-order valence-electron chi connectivity index (χ0n) is 10.0. The minimum absolute atomic E-state index is 0.0317. The third-order valence-electron chi connectivity index (χ3n) is 2.42. The average molecular weight is 253 g/mol. The third-order valence-corrected chi connectivity index (χ3v) is 2.42. The molecule has 1 heterocycles. The van der Waals surface area contributed by atoms with Crippen molar-refractivity contribution < 1.29 is 14.8 Å². The fraction of sp³-hybridized carbons (Fsp3) is 0.455. The van der Waals surface area contributed by atoms with Crippen molar-refractivity contribution in [2.45, 2.75) is 26.2 Å². The second-order valence-electron chi connectivity index (χ2n) is 3.86. The predicted octanol–water partition coefficient (Wildman–Crippen LogP) is 1.97. The number of nitrogens with zero attached hydrogens (tertiary/aromatic N) is 2. The van der Waals surface area contributed by atoms with Gasteiger partial charge in [-0.15, -0.1) is 0 Å². The number of hydrogen-bond acceptors (Lipinski definition) is 5. The van der Waals surface area contributed by atoms with Crippen molar-refractivity contribution in [1.82, 2.24) is 4.98 Å². The monoisotopic (exact) mass is 253 g/mol.